The zero-order chi connectivity index (χ0) is 23.0. The van der Waals surface area contributed by atoms with Gasteiger partial charge in [0.1, 0.15) is 17.2 Å². The lowest BCUT2D eigenvalue weighted by Crippen LogP contribution is -2.23. The SMILES string of the molecule is COc1ccc(NC(=S)NN=Cc2cn(-c3ccccc3)nc2-c2ccc(OC)cc2)cc1. The Hall–Kier alpha value is -4.17. The zero-order valence-corrected chi connectivity index (χ0v) is 19.0. The van der Waals surface area contributed by atoms with Gasteiger partial charge in [-0.25, -0.2) is 4.68 Å². The Kier molecular flexibility index (Phi) is 6.96. The molecule has 1 aromatic heterocycles. The molecule has 0 atom stereocenters. The van der Waals surface area contributed by atoms with Gasteiger partial charge in [0, 0.05) is 23.0 Å². The van der Waals surface area contributed by atoms with Crippen LogP contribution in [0, 0.1) is 0 Å². The summed E-state index contributed by atoms with van der Waals surface area (Å²) in [5.41, 5.74) is 7.22. The fraction of sp³-hybridized carbons (Fsp3) is 0.0800. The number of nitrogens with one attached hydrogen (secondary N) is 2. The van der Waals surface area contributed by atoms with E-state index in [4.69, 9.17) is 26.8 Å². The molecular formula is C25H23N5O2S. The largest absolute Gasteiger partial charge is 0.497 e. The Morgan fingerprint density at radius 1 is 0.909 bits per heavy atom. The first kappa shape index (κ1) is 22.0. The van der Waals surface area contributed by atoms with E-state index >= 15 is 0 Å². The summed E-state index contributed by atoms with van der Waals surface area (Å²) in [4.78, 5) is 0. The predicted molar refractivity (Wildman–Crippen MR) is 135 cm³/mol. The molecule has 7 nitrogen and oxygen atoms in total. The van der Waals surface area contributed by atoms with Crippen LogP contribution in [0.2, 0.25) is 0 Å². The molecule has 3 aromatic carbocycles. The number of methoxy groups -OCH3 is 2. The van der Waals surface area contributed by atoms with Crippen LogP contribution in [-0.2, 0) is 0 Å². The summed E-state index contributed by atoms with van der Waals surface area (Å²) in [5.74, 6) is 1.56. The monoisotopic (exact) mass is 457 g/mol. The number of hydrazone groups is 1. The number of thiocarbonyl (C=S) groups is 1. The Labute approximate surface area is 197 Å². The lowest BCUT2D eigenvalue weighted by Gasteiger charge is -2.07. The fourth-order valence-electron chi connectivity index (χ4n) is 3.16. The number of anilines is 1. The van der Waals surface area contributed by atoms with Crippen molar-refractivity contribution in [1.29, 1.82) is 0 Å². The molecule has 4 rings (SSSR count). The second kappa shape index (κ2) is 10.4. The van der Waals surface area contributed by atoms with Crippen LogP contribution in [0.1, 0.15) is 5.56 Å². The summed E-state index contributed by atoms with van der Waals surface area (Å²) in [6, 6.07) is 25.1. The van der Waals surface area contributed by atoms with Crippen LogP contribution in [-0.4, -0.2) is 35.3 Å². The highest BCUT2D eigenvalue weighted by Crippen LogP contribution is 2.25. The number of aromatic nitrogens is 2. The second-order valence-corrected chi connectivity index (χ2v) is 7.40. The maximum atomic E-state index is 5.35. The third-order valence-electron chi connectivity index (χ3n) is 4.84. The van der Waals surface area contributed by atoms with E-state index in [0.717, 1.165) is 39.7 Å². The molecule has 0 amide bonds. The Balaban J connectivity index is 1.53. The van der Waals surface area contributed by atoms with Crippen molar-refractivity contribution in [3.8, 4) is 28.4 Å². The minimum Gasteiger partial charge on any atom is -0.497 e. The highest BCUT2D eigenvalue weighted by Gasteiger charge is 2.11. The van der Waals surface area contributed by atoms with E-state index in [-0.39, 0.29) is 0 Å². The van der Waals surface area contributed by atoms with Crippen LogP contribution < -0.4 is 20.2 Å². The number of hydrogen-bond acceptors (Lipinski definition) is 5. The molecule has 0 radical (unpaired) electrons. The van der Waals surface area contributed by atoms with Crippen LogP contribution >= 0.6 is 12.2 Å². The van der Waals surface area contributed by atoms with Crippen LogP contribution in [0.15, 0.2) is 90.2 Å². The number of nitrogens with zero attached hydrogens (tertiary/aromatic N) is 3. The minimum absolute atomic E-state index is 0.373. The summed E-state index contributed by atoms with van der Waals surface area (Å²) in [5, 5.41) is 12.6. The first-order valence-electron chi connectivity index (χ1n) is 10.2. The zero-order valence-electron chi connectivity index (χ0n) is 18.2. The Morgan fingerprint density at radius 3 is 2.18 bits per heavy atom. The van der Waals surface area contributed by atoms with Crippen molar-refractivity contribution >= 4 is 29.2 Å². The van der Waals surface area contributed by atoms with Gasteiger partial charge in [0.25, 0.3) is 0 Å². The van der Waals surface area contributed by atoms with Gasteiger partial charge in [-0.15, -0.1) is 0 Å². The third-order valence-corrected chi connectivity index (χ3v) is 5.04. The average molecular weight is 458 g/mol. The number of hydrogen-bond donors (Lipinski definition) is 2. The second-order valence-electron chi connectivity index (χ2n) is 6.99. The molecule has 0 unspecified atom stereocenters. The van der Waals surface area contributed by atoms with Crippen molar-refractivity contribution in [3.63, 3.8) is 0 Å². The summed E-state index contributed by atoms with van der Waals surface area (Å²) in [6.45, 7) is 0. The van der Waals surface area contributed by atoms with Crippen molar-refractivity contribution in [2.24, 2.45) is 5.10 Å². The molecule has 8 heteroatoms. The molecule has 0 saturated heterocycles. The maximum Gasteiger partial charge on any atom is 0.191 e. The number of para-hydroxylation sites is 1. The van der Waals surface area contributed by atoms with E-state index in [1.165, 1.54) is 0 Å². The van der Waals surface area contributed by atoms with Gasteiger partial charge in [0.15, 0.2) is 5.11 Å². The number of benzene rings is 3. The molecular weight excluding hydrogens is 434 g/mol. The van der Waals surface area contributed by atoms with E-state index in [0.29, 0.717) is 5.11 Å². The van der Waals surface area contributed by atoms with Gasteiger partial charge < -0.3 is 14.8 Å². The van der Waals surface area contributed by atoms with Crippen LogP contribution in [0.3, 0.4) is 0 Å². The minimum atomic E-state index is 0.373. The van der Waals surface area contributed by atoms with Gasteiger partial charge >= 0.3 is 0 Å². The Morgan fingerprint density at radius 2 is 1.55 bits per heavy atom. The summed E-state index contributed by atoms with van der Waals surface area (Å²) in [6.07, 6.45) is 3.63. The van der Waals surface area contributed by atoms with E-state index in [1.807, 2.05) is 89.7 Å². The Bertz CT molecular complexity index is 1240. The summed E-state index contributed by atoms with van der Waals surface area (Å²) in [7, 11) is 3.27. The molecule has 0 saturated carbocycles. The summed E-state index contributed by atoms with van der Waals surface area (Å²) < 4.78 is 12.3. The molecule has 0 fully saturated rings. The van der Waals surface area contributed by atoms with Crippen molar-refractivity contribution in [2.75, 3.05) is 19.5 Å². The molecule has 0 aliphatic carbocycles. The molecule has 0 spiro atoms. The standard InChI is InChI=1S/C25H23N5O2S/c1-31-22-12-8-18(9-13-22)24-19(17-30(29-24)21-6-4-3-5-7-21)16-26-28-25(33)27-20-10-14-23(32-2)15-11-20/h3-17H,1-2H3,(H2,27,28,33). The van der Waals surface area contributed by atoms with Crippen molar-refractivity contribution in [3.05, 3.63) is 90.6 Å². The van der Waals surface area contributed by atoms with Crippen LogP contribution in [0.25, 0.3) is 16.9 Å². The smallest absolute Gasteiger partial charge is 0.191 e. The third kappa shape index (κ3) is 5.55. The van der Waals surface area contributed by atoms with Gasteiger partial charge in [-0.1, -0.05) is 18.2 Å². The van der Waals surface area contributed by atoms with E-state index in [9.17, 15) is 0 Å². The average Bonchev–Trinajstić information content (AvgIpc) is 3.29. The van der Waals surface area contributed by atoms with Gasteiger partial charge in [-0.3, -0.25) is 5.43 Å². The topological polar surface area (TPSA) is 72.7 Å². The summed E-state index contributed by atoms with van der Waals surface area (Å²) >= 11 is 5.35. The van der Waals surface area contributed by atoms with E-state index in [2.05, 4.69) is 15.8 Å². The molecule has 166 valence electrons. The molecule has 0 bridgehead atoms. The quantitative estimate of drug-likeness (QED) is 0.234. The van der Waals surface area contributed by atoms with Gasteiger partial charge in [0.05, 0.1) is 26.1 Å². The molecule has 2 N–H and O–H groups in total. The van der Waals surface area contributed by atoms with Crippen LogP contribution in [0.4, 0.5) is 5.69 Å². The fourth-order valence-corrected chi connectivity index (χ4v) is 3.33. The highest BCUT2D eigenvalue weighted by atomic mass is 32.1. The van der Waals surface area contributed by atoms with Gasteiger partial charge in [0.2, 0.25) is 0 Å². The van der Waals surface area contributed by atoms with E-state index < -0.39 is 0 Å². The van der Waals surface area contributed by atoms with E-state index in [1.54, 1.807) is 20.4 Å². The lowest BCUT2D eigenvalue weighted by molar-refractivity contribution is 0.415. The number of rotatable bonds is 7. The first-order chi connectivity index (χ1) is 16.2. The lowest BCUT2D eigenvalue weighted by atomic mass is 10.1. The van der Waals surface area contributed by atoms with Crippen molar-refractivity contribution in [2.45, 2.75) is 0 Å². The predicted octanol–water partition coefficient (Wildman–Crippen LogP) is 4.88. The first-order valence-corrected chi connectivity index (χ1v) is 10.6. The van der Waals surface area contributed by atoms with Gasteiger partial charge in [-0.05, 0) is 72.9 Å². The molecule has 0 aliphatic heterocycles. The normalized spacial score (nSPS) is 10.7. The molecule has 1 heterocycles. The van der Waals surface area contributed by atoms with Crippen molar-refractivity contribution in [1.82, 2.24) is 15.2 Å². The van der Waals surface area contributed by atoms with Crippen LogP contribution in [0.5, 0.6) is 11.5 Å². The molecule has 4 aromatic rings. The highest BCUT2D eigenvalue weighted by molar-refractivity contribution is 7.80. The number of ether oxygens (including phenoxy) is 2. The molecule has 33 heavy (non-hydrogen) atoms. The van der Waals surface area contributed by atoms with Crippen molar-refractivity contribution < 1.29 is 9.47 Å². The molecule has 0 aliphatic rings. The maximum absolute atomic E-state index is 5.35. The van der Waals surface area contributed by atoms with Gasteiger partial charge in [-0.2, -0.15) is 10.2 Å².